The zero-order valence-corrected chi connectivity index (χ0v) is 11.4. The lowest BCUT2D eigenvalue weighted by Crippen LogP contribution is -2.33. The normalized spacial score (nSPS) is 26.2. The second kappa shape index (κ2) is 5.64. The van der Waals surface area contributed by atoms with Gasteiger partial charge in [-0.15, -0.1) is 0 Å². The number of hydrogen-bond acceptors (Lipinski definition) is 5. The van der Waals surface area contributed by atoms with Crippen LogP contribution in [0.2, 0.25) is 0 Å². The van der Waals surface area contributed by atoms with Crippen molar-refractivity contribution in [1.82, 2.24) is 4.72 Å². The molecule has 2 atom stereocenters. The van der Waals surface area contributed by atoms with Gasteiger partial charge in [0.15, 0.2) is 0 Å². The minimum absolute atomic E-state index is 0.151. The number of nitrogens with one attached hydrogen (secondary N) is 1. The molecule has 0 heterocycles. The summed E-state index contributed by atoms with van der Waals surface area (Å²) < 4.78 is 47.1. The van der Waals surface area contributed by atoms with E-state index in [0.29, 0.717) is 12.8 Å². The Morgan fingerprint density at radius 1 is 1.18 bits per heavy atom. The van der Waals surface area contributed by atoms with Crippen LogP contribution < -0.4 is 4.72 Å². The van der Waals surface area contributed by atoms with Crippen LogP contribution in [0, 0.1) is 5.92 Å². The van der Waals surface area contributed by atoms with Crippen LogP contribution in [0.3, 0.4) is 0 Å². The van der Waals surface area contributed by atoms with Crippen molar-refractivity contribution in [2.24, 2.45) is 5.92 Å². The first kappa shape index (κ1) is 14.9. The SMILES string of the molecule is CS(=O)(=O)CCS(=O)(=O)NCC1CCC(O)C1. The van der Waals surface area contributed by atoms with Crippen molar-refractivity contribution in [2.75, 3.05) is 24.3 Å². The second-order valence-corrected chi connectivity index (χ2v) is 8.82. The summed E-state index contributed by atoms with van der Waals surface area (Å²) in [5, 5.41) is 9.28. The largest absolute Gasteiger partial charge is 0.393 e. The van der Waals surface area contributed by atoms with Gasteiger partial charge in [0.05, 0.1) is 17.6 Å². The quantitative estimate of drug-likeness (QED) is 0.659. The van der Waals surface area contributed by atoms with Crippen molar-refractivity contribution in [3.8, 4) is 0 Å². The number of aliphatic hydroxyl groups is 1. The molecule has 0 aromatic carbocycles. The Hall–Kier alpha value is -0.180. The molecule has 1 saturated carbocycles. The zero-order valence-electron chi connectivity index (χ0n) is 9.79. The summed E-state index contributed by atoms with van der Waals surface area (Å²) in [5.74, 6) is -0.616. The van der Waals surface area contributed by atoms with Crippen LogP contribution in [0.4, 0.5) is 0 Å². The van der Waals surface area contributed by atoms with Crippen molar-refractivity contribution < 1.29 is 21.9 Å². The Balaban J connectivity index is 2.35. The average Bonchev–Trinajstić information content (AvgIpc) is 2.58. The number of rotatable bonds is 6. The first-order chi connectivity index (χ1) is 7.68. The van der Waals surface area contributed by atoms with Gasteiger partial charge in [-0.3, -0.25) is 0 Å². The third-order valence-electron chi connectivity index (χ3n) is 2.83. The summed E-state index contributed by atoms with van der Waals surface area (Å²) in [6, 6.07) is 0. The summed E-state index contributed by atoms with van der Waals surface area (Å²) >= 11 is 0. The van der Waals surface area contributed by atoms with Crippen LogP contribution in [-0.2, 0) is 19.9 Å². The molecular formula is C9H19NO5S2. The Kier molecular flexibility index (Phi) is 4.94. The maximum atomic E-state index is 11.5. The van der Waals surface area contributed by atoms with E-state index < -0.39 is 25.6 Å². The fourth-order valence-electron chi connectivity index (χ4n) is 1.81. The van der Waals surface area contributed by atoms with Gasteiger partial charge in [-0.25, -0.2) is 21.6 Å². The highest BCUT2D eigenvalue weighted by Crippen LogP contribution is 2.24. The molecule has 8 heteroatoms. The number of aliphatic hydroxyl groups excluding tert-OH is 1. The molecule has 0 aliphatic heterocycles. The van der Waals surface area contributed by atoms with Gasteiger partial charge in [0.2, 0.25) is 10.0 Å². The maximum absolute atomic E-state index is 11.5. The van der Waals surface area contributed by atoms with Gasteiger partial charge in [-0.1, -0.05) is 0 Å². The highest BCUT2D eigenvalue weighted by molar-refractivity contribution is 7.93. The van der Waals surface area contributed by atoms with E-state index in [1.165, 1.54) is 0 Å². The number of sulfonamides is 1. The molecule has 0 aromatic heterocycles. The first-order valence-electron chi connectivity index (χ1n) is 5.51. The molecule has 2 N–H and O–H groups in total. The average molecular weight is 285 g/mol. The van der Waals surface area contributed by atoms with Gasteiger partial charge >= 0.3 is 0 Å². The molecule has 1 aliphatic carbocycles. The van der Waals surface area contributed by atoms with E-state index in [9.17, 15) is 21.9 Å². The summed E-state index contributed by atoms with van der Waals surface area (Å²) in [6.07, 6.45) is 2.79. The van der Waals surface area contributed by atoms with E-state index in [0.717, 1.165) is 12.7 Å². The van der Waals surface area contributed by atoms with E-state index in [-0.39, 0.29) is 24.3 Å². The standard InChI is InChI=1S/C9H19NO5S2/c1-16(12,13)4-5-17(14,15)10-7-8-2-3-9(11)6-8/h8-11H,2-7H2,1H3. The summed E-state index contributed by atoms with van der Waals surface area (Å²) in [4.78, 5) is 0. The van der Waals surface area contributed by atoms with Crippen molar-refractivity contribution in [3.05, 3.63) is 0 Å². The third-order valence-corrected chi connectivity index (χ3v) is 5.38. The van der Waals surface area contributed by atoms with Crippen LogP contribution >= 0.6 is 0 Å². The minimum Gasteiger partial charge on any atom is -0.393 e. The molecule has 0 radical (unpaired) electrons. The van der Waals surface area contributed by atoms with Gasteiger partial charge in [0, 0.05) is 12.8 Å². The summed E-state index contributed by atoms with van der Waals surface area (Å²) in [6.45, 7) is 0.281. The van der Waals surface area contributed by atoms with Crippen LogP contribution in [0.15, 0.2) is 0 Å². The van der Waals surface area contributed by atoms with E-state index in [1.807, 2.05) is 0 Å². The van der Waals surface area contributed by atoms with Crippen molar-refractivity contribution in [3.63, 3.8) is 0 Å². The lowest BCUT2D eigenvalue weighted by Gasteiger charge is -2.11. The Labute approximate surface area is 102 Å². The van der Waals surface area contributed by atoms with E-state index >= 15 is 0 Å². The zero-order chi connectivity index (χ0) is 13.1. The molecule has 0 saturated heterocycles. The van der Waals surface area contributed by atoms with E-state index in [2.05, 4.69) is 4.72 Å². The molecule has 1 rings (SSSR count). The first-order valence-corrected chi connectivity index (χ1v) is 9.22. The molecule has 2 unspecified atom stereocenters. The molecule has 0 aromatic rings. The van der Waals surface area contributed by atoms with Crippen molar-refractivity contribution in [2.45, 2.75) is 25.4 Å². The van der Waals surface area contributed by atoms with Gasteiger partial charge in [0.1, 0.15) is 9.84 Å². The maximum Gasteiger partial charge on any atom is 0.212 e. The van der Waals surface area contributed by atoms with Crippen LogP contribution in [0.25, 0.3) is 0 Å². The fourth-order valence-corrected chi connectivity index (χ4v) is 4.53. The monoisotopic (exact) mass is 285 g/mol. The molecule has 1 aliphatic rings. The smallest absolute Gasteiger partial charge is 0.212 e. The lowest BCUT2D eigenvalue weighted by molar-refractivity contribution is 0.178. The lowest BCUT2D eigenvalue weighted by atomic mass is 10.1. The molecule has 1 fully saturated rings. The van der Waals surface area contributed by atoms with Gasteiger partial charge in [-0.05, 0) is 25.2 Å². The summed E-state index contributed by atoms with van der Waals surface area (Å²) in [7, 11) is -6.79. The molecule has 17 heavy (non-hydrogen) atoms. The van der Waals surface area contributed by atoms with Crippen molar-refractivity contribution in [1.29, 1.82) is 0 Å². The molecule has 102 valence electrons. The topological polar surface area (TPSA) is 101 Å². The van der Waals surface area contributed by atoms with E-state index in [4.69, 9.17) is 0 Å². The Morgan fingerprint density at radius 2 is 1.82 bits per heavy atom. The third kappa shape index (κ3) is 6.35. The second-order valence-electron chi connectivity index (χ2n) is 4.63. The molecule has 6 nitrogen and oxygen atoms in total. The molecular weight excluding hydrogens is 266 g/mol. The molecule has 0 spiro atoms. The van der Waals surface area contributed by atoms with Gasteiger partial charge in [0.25, 0.3) is 0 Å². The van der Waals surface area contributed by atoms with Crippen LogP contribution in [0.1, 0.15) is 19.3 Å². The fraction of sp³-hybridized carbons (Fsp3) is 1.00. The van der Waals surface area contributed by atoms with Gasteiger partial charge < -0.3 is 5.11 Å². The number of hydrogen-bond donors (Lipinski definition) is 2. The van der Waals surface area contributed by atoms with Crippen LogP contribution in [-0.4, -0.2) is 52.4 Å². The number of sulfone groups is 1. The Bertz CT molecular complexity index is 442. The predicted octanol–water partition coefficient (Wildman–Crippen LogP) is -0.889. The molecule has 0 bridgehead atoms. The Morgan fingerprint density at radius 3 is 2.29 bits per heavy atom. The highest BCUT2D eigenvalue weighted by atomic mass is 32.2. The predicted molar refractivity (Wildman–Crippen MR) is 64.8 cm³/mol. The van der Waals surface area contributed by atoms with Crippen LogP contribution in [0.5, 0.6) is 0 Å². The molecule has 0 amide bonds. The summed E-state index contributed by atoms with van der Waals surface area (Å²) in [5.41, 5.74) is 0. The minimum atomic E-state index is -3.53. The van der Waals surface area contributed by atoms with Gasteiger partial charge in [-0.2, -0.15) is 0 Å². The van der Waals surface area contributed by atoms with E-state index in [1.54, 1.807) is 0 Å². The van der Waals surface area contributed by atoms with Crippen molar-refractivity contribution >= 4 is 19.9 Å². The highest BCUT2D eigenvalue weighted by Gasteiger charge is 2.24.